The predicted molar refractivity (Wildman–Crippen MR) is 82.9 cm³/mol. The first-order valence-electron chi connectivity index (χ1n) is 6.74. The van der Waals surface area contributed by atoms with E-state index in [1.54, 1.807) is 19.4 Å². The van der Waals surface area contributed by atoms with Gasteiger partial charge in [0.1, 0.15) is 5.75 Å². The molecule has 2 aromatic carbocycles. The van der Waals surface area contributed by atoms with Crippen LogP contribution >= 0.6 is 0 Å². The maximum absolute atomic E-state index is 12.9. The van der Waals surface area contributed by atoms with Crippen molar-refractivity contribution in [2.24, 2.45) is 0 Å². The topological polar surface area (TPSA) is 39.2 Å². The van der Waals surface area contributed by atoms with E-state index >= 15 is 0 Å². The Morgan fingerprint density at radius 2 is 1.86 bits per heavy atom. The molecule has 21 heavy (non-hydrogen) atoms. The molecule has 104 valence electrons. The van der Waals surface area contributed by atoms with Gasteiger partial charge in [0, 0.05) is 17.1 Å². The van der Waals surface area contributed by atoms with Crippen LogP contribution in [-0.4, -0.2) is 17.9 Å². The lowest BCUT2D eigenvalue weighted by molar-refractivity contribution is 0.103. The van der Waals surface area contributed by atoms with E-state index in [1.165, 1.54) is 0 Å². The molecule has 0 unspecified atom stereocenters. The third-order valence-corrected chi connectivity index (χ3v) is 3.49. The molecule has 3 aromatic rings. The Balaban J connectivity index is 2.20. The van der Waals surface area contributed by atoms with Gasteiger partial charge in [0.15, 0.2) is 5.78 Å². The van der Waals surface area contributed by atoms with Crippen molar-refractivity contribution in [3.8, 4) is 5.75 Å². The van der Waals surface area contributed by atoms with Gasteiger partial charge in [-0.2, -0.15) is 0 Å². The third kappa shape index (κ3) is 2.38. The first-order chi connectivity index (χ1) is 10.2. The summed E-state index contributed by atoms with van der Waals surface area (Å²) in [4.78, 5) is 17.2. The van der Waals surface area contributed by atoms with Crippen molar-refractivity contribution >= 4 is 16.7 Å². The molecule has 3 rings (SSSR count). The molecule has 0 fully saturated rings. The van der Waals surface area contributed by atoms with Gasteiger partial charge in [0.25, 0.3) is 0 Å². The summed E-state index contributed by atoms with van der Waals surface area (Å²) in [5, 5.41) is 0.855. The first-order valence-corrected chi connectivity index (χ1v) is 6.74. The molecule has 0 N–H and O–H groups in total. The molecule has 0 amide bonds. The van der Waals surface area contributed by atoms with E-state index in [4.69, 9.17) is 4.74 Å². The molecule has 3 nitrogen and oxygen atoms in total. The summed E-state index contributed by atoms with van der Waals surface area (Å²) in [6.45, 7) is 1.96. The zero-order valence-electron chi connectivity index (χ0n) is 12.0. The molecule has 1 aromatic heterocycles. The van der Waals surface area contributed by atoms with Crippen LogP contribution in [0.15, 0.2) is 54.7 Å². The highest BCUT2D eigenvalue weighted by atomic mass is 16.5. The highest BCUT2D eigenvalue weighted by Crippen LogP contribution is 2.26. The van der Waals surface area contributed by atoms with Crippen molar-refractivity contribution in [3.63, 3.8) is 0 Å². The van der Waals surface area contributed by atoms with Crippen LogP contribution in [0.2, 0.25) is 0 Å². The van der Waals surface area contributed by atoms with Gasteiger partial charge in [-0.05, 0) is 31.2 Å². The lowest BCUT2D eigenvalue weighted by atomic mass is 9.98. The summed E-state index contributed by atoms with van der Waals surface area (Å²) in [5.41, 5.74) is 3.06. The van der Waals surface area contributed by atoms with Crippen LogP contribution in [-0.2, 0) is 0 Å². The van der Waals surface area contributed by atoms with Gasteiger partial charge in [0.2, 0.25) is 0 Å². The smallest absolute Gasteiger partial charge is 0.197 e. The molecule has 0 saturated heterocycles. The summed E-state index contributed by atoms with van der Waals surface area (Å²) in [6.07, 6.45) is 1.66. The SMILES string of the molecule is COc1ccc(C)cc1C(=O)c1ccnc2ccccc12. The highest BCUT2D eigenvalue weighted by molar-refractivity contribution is 6.17. The Morgan fingerprint density at radius 3 is 2.67 bits per heavy atom. The van der Waals surface area contributed by atoms with Crippen LogP contribution in [0.1, 0.15) is 21.5 Å². The van der Waals surface area contributed by atoms with Crippen molar-refractivity contribution in [3.05, 3.63) is 71.4 Å². The molecule has 3 heteroatoms. The molecule has 0 atom stereocenters. The summed E-state index contributed by atoms with van der Waals surface area (Å²) < 4.78 is 5.32. The molecule has 0 aliphatic heterocycles. The fourth-order valence-corrected chi connectivity index (χ4v) is 2.44. The molecule has 1 heterocycles. The average Bonchev–Trinajstić information content (AvgIpc) is 2.53. The summed E-state index contributed by atoms with van der Waals surface area (Å²) in [7, 11) is 1.58. The van der Waals surface area contributed by atoms with E-state index in [-0.39, 0.29) is 5.78 Å². The maximum Gasteiger partial charge on any atom is 0.197 e. The minimum Gasteiger partial charge on any atom is -0.496 e. The van der Waals surface area contributed by atoms with E-state index in [0.29, 0.717) is 16.9 Å². The lowest BCUT2D eigenvalue weighted by Crippen LogP contribution is -2.05. The molecule has 0 aliphatic carbocycles. The number of fused-ring (bicyclic) bond motifs is 1. The maximum atomic E-state index is 12.9. The second-order valence-electron chi connectivity index (χ2n) is 4.91. The molecule has 0 saturated carbocycles. The zero-order chi connectivity index (χ0) is 14.8. The van der Waals surface area contributed by atoms with Crippen molar-refractivity contribution < 1.29 is 9.53 Å². The molecule has 0 spiro atoms. The van der Waals surface area contributed by atoms with Crippen LogP contribution in [0, 0.1) is 6.92 Å². The number of aryl methyl sites for hydroxylation is 1. The fraction of sp³-hybridized carbons (Fsp3) is 0.111. The van der Waals surface area contributed by atoms with Crippen molar-refractivity contribution in [2.75, 3.05) is 7.11 Å². The molecular weight excluding hydrogens is 262 g/mol. The van der Waals surface area contributed by atoms with Gasteiger partial charge in [-0.25, -0.2) is 0 Å². The number of hydrogen-bond donors (Lipinski definition) is 0. The number of rotatable bonds is 3. The number of ether oxygens (including phenoxy) is 1. The Morgan fingerprint density at radius 1 is 1.05 bits per heavy atom. The second kappa shape index (κ2) is 5.37. The van der Waals surface area contributed by atoms with E-state index in [2.05, 4.69) is 4.98 Å². The largest absolute Gasteiger partial charge is 0.496 e. The quantitative estimate of drug-likeness (QED) is 0.684. The Kier molecular flexibility index (Phi) is 3.40. The average molecular weight is 277 g/mol. The van der Waals surface area contributed by atoms with Crippen LogP contribution < -0.4 is 4.74 Å². The van der Waals surface area contributed by atoms with Crippen molar-refractivity contribution in [1.82, 2.24) is 4.98 Å². The predicted octanol–water partition coefficient (Wildman–Crippen LogP) is 3.78. The van der Waals surface area contributed by atoms with Crippen LogP contribution in [0.4, 0.5) is 0 Å². The first kappa shape index (κ1) is 13.3. The number of pyridine rings is 1. The summed E-state index contributed by atoms with van der Waals surface area (Å²) in [6, 6.07) is 15.0. The van der Waals surface area contributed by atoms with E-state index < -0.39 is 0 Å². The van der Waals surface area contributed by atoms with Gasteiger partial charge in [-0.15, -0.1) is 0 Å². The Bertz CT molecular complexity index is 819. The van der Waals surface area contributed by atoms with Crippen molar-refractivity contribution in [2.45, 2.75) is 6.92 Å². The van der Waals surface area contributed by atoms with Crippen LogP contribution in [0.3, 0.4) is 0 Å². The highest BCUT2D eigenvalue weighted by Gasteiger charge is 2.17. The normalized spacial score (nSPS) is 10.6. The molecular formula is C18H15NO2. The van der Waals surface area contributed by atoms with E-state index in [9.17, 15) is 4.79 Å². The van der Waals surface area contributed by atoms with E-state index in [1.807, 2.05) is 49.4 Å². The number of carbonyl (C=O) groups excluding carboxylic acids is 1. The van der Waals surface area contributed by atoms with Gasteiger partial charge < -0.3 is 4.74 Å². The minimum atomic E-state index is -0.0471. The second-order valence-corrected chi connectivity index (χ2v) is 4.91. The Labute approximate surface area is 123 Å². The standard InChI is InChI=1S/C18H15NO2/c1-12-7-8-17(21-2)15(11-12)18(20)14-9-10-19-16-6-4-3-5-13(14)16/h3-11H,1-2H3. The summed E-state index contributed by atoms with van der Waals surface area (Å²) >= 11 is 0. The molecule has 0 bridgehead atoms. The number of benzene rings is 2. The van der Waals surface area contributed by atoms with Gasteiger partial charge in [0.05, 0.1) is 18.2 Å². The number of para-hydroxylation sites is 1. The van der Waals surface area contributed by atoms with E-state index in [0.717, 1.165) is 16.5 Å². The number of carbonyl (C=O) groups is 1. The molecule has 0 radical (unpaired) electrons. The number of aromatic nitrogens is 1. The van der Waals surface area contributed by atoms with Crippen LogP contribution in [0.5, 0.6) is 5.75 Å². The number of methoxy groups -OCH3 is 1. The fourth-order valence-electron chi connectivity index (χ4n) is 2.44. The Hall–Kier alpha value is -2.68. The molecule has 0 aliphatic rings. The van der Waals surface area contributed by atoms with Gasteiger partial charge in [-0.3, -0.25) is 9.78 Å². The van der Waals surface area contributed by atoms with Crippen LogP contribution in [0.25, 0.3) is 10.9 Å². The zero-order valence-corrected chi connectivity index (χ0v) is 12.0. The minimum absolute atomic E-state index is 0.0471. The van der Waals surface area contributed by atoms with Gasteiger partial charge in [-0.1, -0.05) is 29.8 Å². The monoisotopic (exact) mass is 277 g/mol. The number of hydrogen-bond acceptors (Lipinski definition) is 3. The number of ketones is 1. The van der Waals surface area contributed by atoms with Gasteiger partial charge >= 0.3 is 0 Å². The third-order valence-electron chi connectivity index (χ3n) is 3.49. The number of nitrogens with zero attached hydrogens (tertiary/aromatic N) is 1. The summed E-state index contributed by atoms with van der Waals surface area (Å²) in [5.74, 6) is 0.542. The van der Waals surface area contributed by atoms with Crippen molar-refractivity contribution in [1.29, 1.82) is 0 Å². The lowest BCUT2D eigenvalue weighted by Gasteiger charge is -2.10.